The molecule has 1 aliphatic carbocycles. The summed E-state index contributed by atoms with van der Waals surface area (Å²) in [5.74, 6) is 0.714. The van der Waals surface area contributed by atoms with Crippen LogP contribution in [0.4, 0.5) is 0 Å². The fourth-order valence-corrected chi connectivity index (χ4v) is 2.90. The number of benzene rings is 1. The van der Waals surface area contributed by atoms with E-state index in [4.69, 9.17) is 0 Å². The van der Waals surface area contributed by atoms with Gasteiger partial charge in [-0.15, -0.1) is 0 Å². The van der Waals surface area contributed by atoms with Crippen LogP contribution in [0.15, 0.2) is 42.7 Å². The Morgan fingerprint density at radius 3 is 2.58 bits per heavy atom. The third kappa shape index (κ3) is 2.30. The highest BCUT2D eigenvalue weighted by Gasteiger charge is 2.50. The van der Waals surface area contributed by atoms with Crippen LogP contribution in [-0.4, -0.2) is 16.8 Å². The molecule has 0 aliphatic heterocycles. The smallest absolute Gasteiger partial charge is 0.0645 e. The monoisotopic (exact) mass is 255 g/mol. The second-order valence-electron chi connectivity index (χ2n) is 6.12. The Bertz CT molecular complexity index is 556. The molecular formula is C16H21N3. The summed E-state index contributed by atoms with van der Waals surface area (Å²) in [4.78, 5) is 0. The summed E-state index contributed by atoms with van der Waals surface area (Å²) in [6.45, 7) is 4.67. The first-order chi connectivity index (χ1) is 9.12. The summed E-state index contributed by atoms with van der Waals surface area (Å²) in [6, 6.07) is 10.7. The Hall–Kier alpha value is -1.61. The van der Waals surface area contributed by atoms with Gasteiger partial charge in [-0.2, -0.15) is 5.10 Å². The van der Waals surface area contributed by atoms with Crippen LogP contribution in [0.1, 0.15) is 31.9 Å². The van der Waals surface area contributed by atoms with E-state index in [0.29, 0.717) is 17.4 Å². The van der Waals surface area contributed by atoms with Crippen molar-refractivity contribution in [1.29, 1.82) is 0 Å². The maximum absolute atomic E-state index is 4.49. The summed E-state index contributed by atoms with van der Waals surface area (Å²) in [7, 11) is 2.04. The van der Waals surface area contributed by atoms with Crippen LogP contribution in [-0.2, 0) is 0 Å². The van der Waals surface area contributed by atoms with Crippen molar-refractivity contribution in [1.82, 2.24) is 15.1 Å². The lowest BCUT2D eigenvalue weighted by atomic mass is 10.00. The first-order valence-electron chi connectivity index (χ1n) is 6.89. The molecule has 2 aromatic rings. The Balaban J connectivity index is 1.85. The summed E-state index contributed by atoms with van der Waals surface area (Å²) < 4.78 is 1.95. The van der Waals surface area contributed by atoms with E-state index < -0.39 is 0 Å². The van der Waals surface area contributed by atoms with Gasteiger partial charge in [0.1, 0.15) is 0 Å². The van der Waals surface area contributed by atoms with Gasteiger partial charge in [0, 0.05) is 17.8 Å². The van der Waals surface area contributed by atoms with E-state index in [2.05, 4.69) is 42.6 Å². The van der Waals surface area contributed by atoms with Crippen LogP contribution >= 0.6 is 0 Å². The Kier molecular flexibility index (Phi) is 2.94. The molecule has 3 nitrogen and oxygen atoms in total. The molecule has 19 heavy (non-hydrogen) atoms. The quantitative estimate of drug-likeness (QED) is 0.909. The summed E-state index contributed by atoms with van der Waals surface area (Å²) in [5.41, 5.74) is 2.85. The maximum Gasteiger partial charge on any atom is 0.0645 e. The number of nitrogens with zero attached hydrogens (tertiary/aromatic N) is 2. The molecule has 2 unspecified atom stereocenters. The summed E-state index contributed by atoms with van der Waals surface area (Å²) >= 11 is 0. The zero-order valence-corrected chi connectivity index (χ0v) is 11.8. The molecule has 1 N–H and O–H groups in total. The predicted octanol–water partition coefficient (Wildman–Crippen LogP) is 3.18. The number of hydrogen-bond acceptors (Lipinski definition) is 2. The largest absolute Gasteiger partial charge is 0.313 e. The lowest BCUT2D eigenvalue weighted by Gasteiger charge is -2.16. The molecule has 3 heteroatoms. The zero-order chi connectivity index (χ0) is 13.5. The number of para-hydroxylation sites is 1. The highest BCUT2D eigenvalue weighted by molar-refractivity contribution is 5.32. The molecule has 1 aromatic carbocycles. The highest BCUT2D eigenvalue weighted by atomic mass is 15.3. The second kappa shape index (κ2) is 4.49. The van der Waals surface area contributed by atoms with Crippen LogP contribution in [0.5, 0.6) is 0 Å². The van der Waals surface area contributed by atoms with Crippen molar-refractivity contribution < 1.29 is 0 Å². The van der Waals surface area contributed by atoms with Gasteiger partial charge in [0.2, 0.25) is 0 Å². The van der Waals surface area contributed by atoms with Crippen LogP contribution in [0, 0.1) is 11.3 Å². The molecule has 0 radical (unpaired) electrons. The molecule has 1 aromatic heterocycles. The van der Waals surface area contributed by atoms with Crippen molar-refractivity contribution in [2.24, 2.45) is 11.3 Å². The maximum atomic E-state index is 4.49. The minimum absolute atomic E-state index is 0.410. The molecule has 0 bridgehead atoms. The Morgan fingerprint density at radius 1 is 1.32 bits per heavy atom. The Labute approximate surface area is 114 Å². The van der Waals surface area contributed by atoms with Crippen LogP contribution < -0.4 is 5.32 Å². The minimum Gasteiger partial charge on any atom is -0.313 e. The van der Waals surface area contributed by atoms with Crippen molar-refractivity contribution in [2.45, 2.75) is 26.3 Å². The lowest BCUT2D eigenvalue weighted by Crippen LogP contribution is -2.20. The van der Waals surface area contributed by atoms with Crippen LogP contribution in [0.25, 0.3) is 5.69 Å². The zero-order valence-electron chi connectivity index (χ0n) is 11.8. The van der Waals surface area contributed by atoms with Crippen molar-refractivity contribution in [2.75, 3.05) is 7.05 Å². The second-order valence-corrected chi connectivity index (χ2v) is 6.12. The number of rotatable bonds is 4. The number of aromatic nitrogens is 2. The normalized spacial score (nSPS) is 22.2. The van der Waals surface area contributed by atoms with Gasteiger partial charge >= 0.3 is 0 Å². The van der Waals surface area contributed by atoms with Gasteiger partial charge in [-0.3, -0.25) is 0 Å². The first-order valence-corrected chi connectivity index (χ1v) is 6.89. The third-order valence-corrected chi connectivity index (χ3v) is 4.29. The SMILES string of the molecule is CNC(c1cnn(-c2ccccc2)c1)C1CC1(C)C. The lowest BCUT2D eigenvalue weighted by molar-refractivity contribution is 0.441. The van der Waals surface area contributed by atoms with Crippen molar-refractivity contribution in [3.63, 3.8) is 0 Å². The molecule has 3 rings (SSSR count). The molecular weight excluding hydrogens is 234 g/mol. The molecule has 0 spiro atoms. The number of nitrogens with one attached hydrogen (secondary N) is 1. The molecule has 2 atom stereocenters. The fourth-order valence-electron chi connectivity index (χ4n) is 2.90. The van der Waals surface area contributed by atoms with Gasteiger partial charge in [0.25, 0.3) is 0 Å². The van der Waals surface area contributed by atoms with Crippen LogP contribution in [0.3, 0.4) is 0 Å². The van der Waals surface area contributed by atoms with Gasteiger partial charge in [0.15, 0.2) is 0 Å². The number of hydrogen-bond donors (Lipinski definition) is 1. The minimum atomic E-state index is 0.410. The first kappa shape index (κ1) is 12.4. The van der Waals surface area contributed by atoms with E-state index in [-0.39, 0.29) is 0 Å². The van der Waals surface area contributed by atoms with Gasteiger partial charge in [-0.05, 0) is 36.9 Å². The molecule has 1 heterocycles. The van der Waals surface area contributed by atoms with Crippen molar-refractivity contribution in [3.8, 4) is 5.69 Å². The summed E-state index contributed by atoms with van der Waals surface area (Å²) in [6.07, 6.45) is 5.42. The van der Waals surface area contributed by atoms with Crippen molar-refractivity contribution in [3.05, 3.63) is 48.3 Å². The molecule has 0 saturated heterocycles. The molecule has 1 saturated carbocycles. The van der Waals surface area contributed by atoms with Gasteiger partial charge in [-0.1, -0.05) is 32.0 Å². The molecule has 1 aliphatic rings. The average Bonchev–Trinajstić information content (AvgIpc) is 2.85. The van der Waals surface area contributed by atoms with Gasteiger partial charge in [0.05, 0.1) is 11.9 Å². The van der Waals surface area contributed by atoms with E-state index in [0.717, 1.165) is 5.69 Å². The molecule has 0 amide bonds. The standard InChI is InChI=1S/C16H21N3/c1-16(2)9-14(16)15(17-3)12-10-18-19(11-12)13-7-5-4-6-8-13/h4-8,10-11,14-15,17H,9H2,1-3H3. The third-order valence-electron chi connectivity index (χ3n) is 4.29. The van der Waals surface area contributed by atoms with Gasteiger partial charge < -0.3 is 5.32 Å². The van der Waals surface area contributed by atoms with E-state index in [1.165, 1.54) is 12.0 Å². The predicted molar refractivity (Wildman–Crippen MR) is 77.3 cm³/mol. The van der Waals surface area contributed by atoms with Crippen LogP contribution in [0.2, 0.25) is 0 Å². The average molecular weight is 255 g/mol. The van der Waals surface area contributed by atoms with E-state index in [9.17, 15) is 0 Å². The molecule has 1 fully saturated rings. The van der Waals surface area contributed by atoms with E-state index >= 15 is 0 Å². The Morgan fingerprint density at radius 2 is 2.00 bits per heavy atom. The molecule has 100 valence electrons. The highest BCUT2D eigenvalue weighted by Crippen LogP contribution is 2.57. The summed E-state index contributed by atoms with van der Waals surface area (Å²) in [5, 5.41) is 7.94. The van der Waals surface area contributed by atoms with E-state index in [1.54, 1.807) is 0 Å². The van der Waals surface area contributed by atoms with E-state index in [1.807, 2.05) is 36.1 Å². The topological polar surface area (TPSA) is 29.9 Å². The van der Waals surface area contributed by atoms with Crippen molar-refractivity contribution >= 4 is 0 Å². The fraction of sp³-hybridized carbons (Fsp3) is 0.438. The van der Waals surface area contributed by atoms with Gasteiger partial charge in [-0.25, -0.2) is 4.68 Å².